The number of aromatic amines is 2. The fraction of sp³-hybridized carbons (Fsp3) is 0.312. The first-order valence-corrected chi connectivity index (χ1v) is 7.29. The van der Waals surface area contributed by atoms with Crippen LogP contribution in [0.4, 0.5) is 0 Å². The fourth-order valence-corrected chi connectivity index (χ4v) is 2.82. The van der Waals surface area contributed by atoms with Crippen molar-refractivity contribution >= 4 is 5.91 Å². The maximum atomic E-state index is 12.3. The molecule has 0 aliphatic heterocycles. The minimum Gasteiger partial charge on any atom is -0.352 e. The van der Waals surface area contributed by atoms with E-state index >= 15 is 0 Å². The summed E-state index contributed by atoms with van der Waals surface area (Å²) in [5.74, 6) is -0.128. The molecule has 3 rings (SSSR count). The molecule has 1 heterocycles. The van der Waals surface area contributed by atoms with Gasteiger partial charge in [0.15, 0.2) is 0 Å². The number of rotatable bonds is 3. The lowest BCUT2D eigenvalue weighted by Gasteiger charge is -2.23. The number of nitrogens with one attached hydrogen (secondary N) is 3. The molecule has 1 aliphatic carbocycles. The first kappa shape index (κ1) is 14.3. The van der Waals surface area contributed by atoms with Gasteiger partial charge in [0.2, 0.25) is 5.91 Å². The molecule has 6 nitrogen and oxygen atoms in total. The van der Waals surface area contributed by atoms with Gasteiger partial charge in [0.1, 0.15) is 0 Å². The van der Waals surface area contributed by atoms with Crippen LogP contribution >= 0.6 is 0 Å². The van der Waals surface area contributed by atoms with Crippen molar-refractivity contribution < 1.29 is 4.79 Å². The summed E-state index contributed by atoms with van der Waals surface area (Å²) in [6.45, 7) is 0.114. The molecule has 0 saturated heterocycles. The Balaban J connectivity index is 1.63. The van der Waals surface area contributed by atoms with Gasteiger partial charge in [0.05, 0.1) is 5.56 Å². The highest BCUT2D eigenvalue weighted by Crippen LogP contribution is 2.25. The molecule has 1 aromatic carbocycles. The summed E-state index contributed by atoms with van der Waals surface area (Å²) in [7, 11) is 0. The number of hydrogen-bond acceptors (Lipinski definition) is 3. The molecule has 0 spiro atoms. The Kier molecular flexibility index (Phi) is 3.91. The van der Waals surface area contributed by atoms with Crippen molar-refractivity contribution in [2.75, 3.05) is 0 Å². The zero-order chi connectivity index (χ0) is 15.5. The molecule has 1 amide bonds. The van der Waals surface area contributed by atoms with E-state index in [9.17, 15) is 14.4 Å². The molecular weight excluding hydrogens is 282 g/mol. The Morgan fingerprint density at radius 3 is 2.77 bits per heavy atom. The first-order chi connectivity index (χ1) is 10.6. The molecule has 0 bridgehead atoms. The SMILES string of the molecule is O=C(NCc1c[nH]c(=O)[nH]c1=O)C1CCc2ccccc2C1. The Morgan fingerprint density at radius 1 is 1.23 bits per heavy atom. The molecule has 0 radical (unpaired) electrons. The highest BCUT2D eigenvalue weighted by molar-refractivity contribution is 5.79. The molecule has 114 valence electrons. The zero-order valence-corrected chi connectivity index (χ0v) is 12.0. The van der Waals surface area contributed by atoms with Gasteiger partial charge in [0, 0.05) is 18.7 Å². The van der Waals surface area contributed by atoms with Crippen LogP contribution in [0.3, 0.4) is 0 Å². The van der Waals surface area contributed by atoms with Crippen molar-refractivity contribution in [2.45, 2.75) is 25.8 Å². The summed E-state index contributed by atoms with van der Waals surface area (Å²) < 4.78 is 0. The van der Waals surface area contributed by atoms with Crippen LogP contribution in [0.15, 0.2) is 40.1 Å². The summed E-state index contributed by atoms with van der Waals surface area (Å²) in [5.41, 5.74) is 1.84. The number of carbonyl (C=O) groups excluding carboxylic acids is 1. The van der Waals surface area contributed by atoms with Crippen molar-refractivity contribution in [1.82, 2.24) is 15.3 Å². The highest BCUT2D eigenvalue weighted by atomic mass is 16.2. The van der Waals surface area contributed by atoms with Crippen molar-refractivity contribution in [2.24, 2.45) is 5.92 Å². The van der Waals surface area contributed by atoms with Gasteiger partial charge in [-0.05, 0) is 30.4 Å². The lowest BCUT2D eigenvalue weighted by atomic mass is 9.83. The number of hydrogen-bond donors (Lipinski definition) is 3. The molecule has 1 unspecified atom stereocenters. The average molecular weight is 299 g/mol. The quantitative estimate of drug-likeness (QED) is 0.769. The van der Waals surface area contributed by atoms with Crippen LogP contribution < -0.4 is 16.6 Å². The molecule has 2 aromatic rings. The summed E-state index contributed by atoms with van der Waals surface area (Å²) >= 11 is 0. The molecule has 22 heavy (non-hydrogen) atoms. The van der Waals surface area contributed by atoms with Gasteiger partial charge in [-0.1, -0.05) is 24.3 Å². The average Bonchev–Trinajstić information content (AvgIpc) is 2.53. The molecule has 1 aromatic heterocycles. The molecule has 1 atom stereocenters. The van der Waals surface area contributed by atoms with Gasteiger partial charge in [-0.2, -0.15) is 0 Å². The molecule has 6 heteroatoms. The van der Waals surface area contributed by atoms with Crippen molar-refractivity contribution in [3.63, 3.8) is 0 Å². The monoisotopic (exact) mass is 299 g/mol. The van der Waals surface area contributed by atoms with Crippen LogP contribution in [0.5, 0.6) is 0 Å². The highest BCUT2D eigenvalue weighted by Gasteiger charge is 2.24. The predicted octanol–water partition coefficient (Wildman–Crippen LogP) is 0.484. The summed E-state index contributed by atoms with van der Waals surface area (Å²) in [5, 5.41) is 2.78. The first-order valence-electron chi connectivity index (χ1n) is 7.29. The topological polar surface area (TPSA) is 94.8 Å². The fourth-order valence-electron chi connectivity index (χ4n) is 2.82. The molecule has 0 saturated carbocycles. The third kappa shape index (κ3) is 3.00. The van der Waals surface area contributed by atoms with Gasteiger partial charge < -0.3 is 10.3 Å². The van der Waals surface area contributed by atoms with E-state index in [1.54, 1.807) is 0 Å². The van der Waals surface area contributed by atoms with Crippen LogP contribution in [-0.2, 0) is 24.2 Å². The van der Waals surface area contributed by atoms with Gasteiger partial charge >= 0.3 is 5.69 Å². The summed E-state index contributed by atoms with van der Waals surface area (Å²) in [4.78, 5) is 39.3. The van der Waals surface area contributed by atoms with Gasteiger partial charge in [-0.3, -0.25) is 14.6 Å². The summed E-state index contributed by atoms with van der Waals surface area (Å²) in [6, 6.07) is 8.16. The minimum atomic E-state index is -0.552. The third-order valence-electron chi connectivity index (χ3n) is 4.07. The normalized spacial score (nSPS) is 16.8. The van der Waals surface area contributed by atoms with Gasteiger partial charge in [-0.25, -0.2) is 4.79 Å². The smallest absolute Gasteiger partial charge is 0.325 e. The molecule has 1 aliphatic rings. The van der Waals surface area contributed by atoms with Crippen molar-refractivity contribution in [3.05, 3.63) is 68.0 Å². The number of aryl methyl sites for hydroxylation is 1. The Bertz CT molecular complexity index is 807. The van der Waals surface area contributed by atoms with Crippen LogP contribution in [0.25, 0.3) is 0 Å². The van der Waals surface area contributed by atoms with E-state index in [1.807, 2.05) is 12.1 Å². The van der Waals surface area contributed by atoms with Crippen LogP contribution in [-0.4, -0.2) is 15.9 Å². The van der Waals surface area contributed by atoms with Crippen LogP contribution in [0, 0.1) is 5.92 Å². The third-order valence-corrected chi connectivity index (χ3v) is 4.07. The second-order valence-electron chi connectivity index (χ2n) is 5.52. The Hall–Kier alpha value is -2.63. The van der Waals surface area contributed by atoms with E-state index in [0.29, 0.717) is 5.56 Å². The number of amides is 1. The second kappa shape index (κ2) is 6.01. The van der Waals surface area contributed by atoms with E-state index < -0.39 is 11.2 Å². The largest absolute Gasteiger partial charge is 0.352 e. The number of benzene rings is 1. The maximum Gasteiger partial charge on any atom is 0.325 e. The predicted molar refractivity (Wildman–Crippen MR) is 81.5 cm³/mol. The van der Waals surface area contributed by atoms with Gasteiger partial charge in [-0.15, -0.1) is 0 Å². The number of carbonyl (C=O) groups is 1. The van der Waals surface area contributed by atoms with E-state index in [0.717, 1.165) is 19.3 Å². The molecule has 3 N–H and O–H groups in total. The van der Waals surface area contributed by atoms with E-state index in [4.69, 9.17) is 0 Å². The van der Waals surface area contributed by atoms with Crippen molar-refractivity contribution in [3.8, 4) is 0 Å². The lowest BCUT2D eigenvalue weighted by molar-refractivity contribution is -0.125. The van der Waals surface area contributed by atoms with Gasteiger partial charge in [0.25, 0.3) is 5.56 Å². The van der Waals surface area contributed by atoms with Crippen LogP contribution in [0.2, 0.25) is 0 Å². The summed E-state index contributed by atoms with van der Waals surface area (Å²) in [6.07, 6.45) is 3.76. The zero-order valence-electron chi connectivity index (χ0n) is 12.0. The molecular formula is C16H17N3O3. The number of aromatic nitrogens is 2. The number of fused-ring (bicyclic) bond motifs is 1. The van der Waals surface area contributed by atoms with Crippen molar-refractivity contribution in [1.29, 1.82) is 0 Å². The number of H-pyrrole nitrogens is 2. The van der Waals surface area contributed by atoms with E-state index in [1.165, 1.54) is 17.3 Å². The Morgan fingerprint density at radius 2 is 2.00 bits per heavy atom. The molecule has 0 fully saturated rings. The standard InChI is InChI=1S/C16H17N3O3/c20-14(17-8-13-9-18-16(22)19-15(13)21)12-6-5-10-3-1-2-4-11(10)7-12/h1-4,9,12H,5-8H2,(H,17,20)(H2,18,19,21,22). The van der Waals surface area contributed by atoms with E-state index in [2.05, 4.69) is 27.4 Å². The second-order valence-corrected chi connectivity index (χ2v) is 5.52. The maximum absolute atomic E-state index is 12.3. The Labute approximate surface area is 126 Å². The van der Waals surface area contributed by atoms with Crippen LogP contribution in [0.1, 0.15) is 23.1 Å². The van der Waals surface area contributed by atoms with E-state index in [-0.39, 0.29) is 18.4 Å². The lowest BCUT2D eigenvalue weighted by Crippen LogP contribution is -2.36. The minimum absolute atomic E-state index is 0.0555.